The van der Waals surface area contributed by atoms with Crippen molar-refractivity contribution in [2.75, 3.05) is 37.5 Å². The largest absolute Gasteiger partial charge is 0.484 e. The van der Waals surface area contributed by atoms with E-state index in [2.05, 4.69) is 32.2 Å². The van der Waals surface area contributed by atoms with Gasteiger partial charge in [-0.15, -0.1) is 10.2 Å². The van der Waals surface area contributed by atoms with E-state index in [4.69, 9.17) is 14.5 Å². The van der Waals surface area contributed by atoms with Gasteiger partial charge in [-0.1, -0.05) is 12.1 Å². The summed E-state index contributed by atoms with van der Waals surface area (Å²) in [6.07, 6.45) is 3.96. The highest BCUT2D eigenvalue weighted by atomic mass is 16.5. The Hall–Kier alpha value is -3.79. The first-order chi connectivity index (χ1) is 16.6. The fourth-order valence-corrected chi connectivity index (χ4v) is 4.30. The van der Waals surface area contributed by atoms with Crippen LogP contribution in [0.25, 0.3) is 5.57 Å². The average molecular weight is 460 g/mol. The molecular formula is C24H24N6O4. The zero-order valence-corrected chi connectivity index (χ0v) is 18.6. The maximum absolute atomic E-state index is 12.4. The summed E-state index contributed by atoms with van der Waals surface area (Å²) in [4.78, 5) is 29.5. The van der Waals surface area contributed by atoms with Gasteiger partial charge < -0.3 is 25.4 Å². The first-order valence-corrected chi connectivity index (χ1v) is 11.4. The Labute approximate surface area is 195 Å². The SMILES string of the molecule is CNC(=O)c1nnc(NC(=O)C2CC2)cc1Nc1cccc2c1OCC1=NC(C3COC3)C=C12. The van der Waals surface area contributed by atoms with Crippen LogP contribution in [0.1, 0.15) is 28.9 Å². The summed E-state index contributed by atoms with van der Waals surface area (Å²) in [5, 5.41) is 16.7. The molecule has 10 heteroatoms. The number of hydrogen-bond donors (Lipinski definition) is 3. The monoisotopic (exact) mass is 460 g/mol. The molecule has 6 rings (SSSR count). The molecule has 1 saturated heterocycles. The Bertz CT molecular complexity index is 1250. The first kappa shape index (κ1) is 20.8. The highest BCUT2D eigenvalue weighted by Crippen LogP contribution is 2.42. The summed E-state index contributed by atoms with van der Waals surface area (Å²) in [7, 11) is 1.53. The normalized spacial score (nSPS) is 20.7. The van der Waals surface area contributed by atoms with Gasteiger partial charge in [-0.3, -0.25) is 14.6 Å². The molecule has 174 valence electrons. The molecule has 1 saturated carbocycles. The third-order valence-corrected chi connectivity index (χ3v) is 6.46. The van der Waals surface area contributed by atoms with Gasteiger partial charge in [0.05, 0.1) is 36.3 Å². The van der Waals surface area contributed by atoms with Gasteiger partial charge in [0.25, 0.3) is 5.91 Å². The number of nitrogens with zero attached hydrogens (tertiary/aromatic N) is 3. The number of hydrogen-bond acceptors (Lipinski definition) is 8. The molecule has 0 bridgehead atoms. The number of aliphatic imine (C=N–C) groups is 1. The van der Waals surface area contributed by atoms with Crippen molar-refractivity contribution < 1.29 is 19.1 Å². The number of amides is 2. The molecule has 2 aromatic rings. The molecule has 2 amide bonds. The van der Waals surface area contributed by atoms with Gasteiger partial charge in [-0.2, -0.15) is 0 Å². The van der Waals surface area contributed by atoms with Crippen molar-refractivity contribution >= 4 is 40.3 Å². The summed E-state index contributed by atoms with van der Waals surface area (Å²) in [6.45, 7) is 1.84. The fraction of sp³-hybridized carbons (Fsp3) is 0.375. The molecule has 1 unspecified atom stereocenters. The standard InChI is InChI=1S/C24H24N6O4/c1-25-24(32)21-18(8-20(29-30-21)28-23(31)12-5-6-12)26-16-4-2-3-14-15-7-17(13-9-33-10-13)27-19(15)11-34-22(14)16/h2-4,7-8,12-13,17H,5-6,9-11H2,1H3,(H,25,32)(H2,26,28,29,31). The van der Waals surface area contributed by atoms with Crippen LogP contribution in [-0.4, -0.2) is 60.6 Å². The van der Waals surface area contributed by atoms with Crippen molar-refractivity contribution in [2.45, 2.75) is 18.9 Å². The maximum atomic E-state index is 12.4. The van der Waals surface area contributed by atoms with Crippen molar-refractivity contribution in [1.82, 2.24) is 15.5 Å². The predicted molar refractivity (Wildman–Crippen MR) is 126 cm³/mol. The predicted octanol–water partition coefficient (Wildman–Crippen LogP) is 2.17. The van der Waals surface area contributed by atoms with E-state index >= 15 is 0 Å². The number of rotatable bonds is 6. The van der Waals surface area contributed by atoms with Crippen LogP contribution in [0.3, 0.4) is 0 Å². The fourth-order valence-electron chi connectivity index (χ4n) is 4.30. The summed E-state index contributed by atoms with van der Waals surface area (Å²) < 4.78 is 11.4. The van der Waals surface area contributed by atoms with Gasteiger partial charge in [0.1, 0.15) is 6.61 Å². The second-order valence-electron chi connectivity index (χ2n) is 8.87. The second-order valence-corrected chi connectivity index (χ2v) is 8.87. The van der Waals surface area contributed by atoms with Crippen LogP contribution in [0.15, 0.2) is 35.3 Å². The third-order valence-electron chi connectivity index (χ3n) is 6.46. The van der Waals surface area contributed by atoms with E-state index < -0.39 is 0 Å². The maximum Gasteiger partial charge on any atom is 0.273 e. The van der Waals surface area contributed by atoms with E-state index in [9.17, 15) is 9.59 Å². The number of para-hydroxylation sites is 1. The minimum absolute atomic E-state index is 0.0252. The third kappa shape index (κ3) is 3.69. The lowest BCUT2D eigenvalue weighted by Crippen LogP contribution is -2.35. The lowest BCUT2D eigenvalue weighted by Gasteiger charge is -2.28. The molecule has 1 aromatic heterocycles. The quantitative estimate of drug-likeness (QED) is 0.603. The van der Waals surface area contributed by atoms with Crippen molar-refractivity contribution in [2.24, 2.45) is 16.8 Å². The lowest BCUT2D eigenvalue weighted by molar-refractivity contribution is -0.117. The van der Waals surface area contributed by atoms with Gasteiger partial charge in [0.2, 0.25) is 5.91 Å². The first-order valence-electron chi connectivity index (χ1n) is 11.4. The number of carbonyl (C=O) groups is 2. The zero-order chi connectivity index (χ0) is 23.2. The number of nitrogens with one attached hydrogen (secondary N) is 3. The van der Waals surface area contributed by atoms with Crippen molar-refractivity contribution in [1.29, 1.82) is 0 Å². The molecule has 1 atom stereocenters. The van der Waals surface area contributed by atoms with Gasteiger partial charge in [0.15, 0.2) is 17.3 Å². The molecule has 3 N–H and O–H groups in total. The topological polar surface area (TPSA) is 127 Å². The lowest BCUT2D eigenvalue weighted by atomic mass is 9.94. The van der Waals surface area contributed by atoms with E-state index in [-0.39, 0.29) is 35.3 Å². The smallest absolute Gasteiger partial charge is 0.273 e. The summed E-state index contributed by atoms with van der Waals surface area (Å²) in [6, 6.07) is 7.55. The second kappa shape index (κ2) is 8.21. The van der Waals surface area contributed by atoms with Crippen molar-refractivity contribution in [3.63, 3.8) is 0 Å². The van der Waals surface area contributed by atoms with Crippen LogP contribution in [0.2, 0.25) is 0 Å². The van der Waals surface area contributed by atoms with E-state index in [1.54, 1.807) is 6.07 Å². The molecule has 1 aromatic carbocycles. The Morgan fingerprint density at radius 3 is 2.71 bits per heavy atom. The molecule has 4 aliphatic rings. The number of carbonyl (C=O) groups excluding carboxylic acids is 2. The van der Waals surface area contributed by atoms with Crippen molar-refractivity contribution in [3.05, 3.63) is 41.6 Å². The minimum atomic E-state index is -0.390. The highest BCUT2D eigenvalue weighted by molar-refractivity contribution is 6.28. The van der Waals surface area contributed by atoms with Crippen LogP contribution in [-0.2, 0) is 9.53 Å². The molecule has 0 spiro atoms. The Balaban J connectivity index is 1.33. The Kier molecular flexibility index (Phi) is 5.02. The average Bonchev–Trinajstić information content (AvgIpc) is 3.57. The van der Waals surface area contributed by atoms with Gasteiger partial charge >= 0.3 is 0 Å². The molecule has 1 aliphatic carbocycles. The molecule has 3 aliphatic heterocycles. The summed E-state index contributed by atoms with van der Waals surface area (Å²) >= 11 is 0. The van der Waals surface area contributed by atoms with Crippen LogP contribution in [0, 0.1) is 11.8 Å². The molecule has 2 fully saturated rings. The number of ether oxygens (including phenoxy) is 2. The number of aromatic nitrogens is 2. The summed E-state index contributed by atoms with van der Waals surface area (Å²) in [5.41, 5.74) is 4.20. The Morgan fingerprint density at radius 2 is 1.97 bits per heavy atom. The number of fused-ring (bicyclic) bond motifs is 3. The van der Waals surface area contributed by atoms with Crippen LogP contribution in [0.5, 0.6) is 5.75 Å². The minimum Gasteiger partial charge on any atom is -0.484 e. The van der Waals surface area contributed by atoms with Crippen LogP contribution < -0.4 is 20.7 Å². The molecule has 0 radical (unpaired) electrons. The van der Waals surface area contributed by atoms with Gasteiger partial charge in [-0.05, 0) is 25.0 Å². The highest BCUT2D eigenvalue weighted by Gasteiger charge is 2.35. The molecule has 34 heavy (non-hydrogen) atoms. The van der Waals surface area contributed by atoms with Gasteiger partial charge in [0, 0.05) is 36.1 Å². The molecule has 10 nitrogen and oxygen atoms in total. The molecule has 4 heterocycles. The summed E-state index contributed by atoms with van der Waals surface area (Å²) in [5.74, 6) is 0.937. The number of anilines is 3. The zero-order valence-electron chi connectivity index (χ0n) is 18.6. The van der Waals surface area contributed by atoms with Crippen LogP contribution in [0.4, 0.5) is 17.2 Å². The molecular weight excluding hydrogens is 436 g/mol. The van der Waals surface area contributed by atoms with Crippen LogP contribution >= 0.6 is 0 Å². The Morgan fingerprint density at radius 1 is 1.12 bits per heavy atom. The van der Waals surface area contributed by atoms with E-state index in [0.29, 0.717) is 29.6 Å². The van der Waals surface area contributed by atoms with Gasteiger partial charge in [-0.25, -0.2) is 0 Å². The van der Waals surface area contributed by atoms with Crippen molar-refractivity contribution in [3.8, 4) is 5.75 Å². The van der Waals surface area contributed by atoms with E-state index in [1.807, 2.05) is 18.2 Å². The van der Waals surface area contributed by atoms with E-state index in [1.165, 1.54) is 7.05 Å². The van der Waals surface area contributed by atoms with E-state index in [0.717, 1.165) is 42.9 Å². The number of benzene rings is 1.